The van der Waals surface area contributed by atoms with Crippen LogP contribution in [0.4, 0.5) is 11.4 Å². The lowest BCUT2D eigenvalue weighted by atomic mass is 9.91. The van der Waals surface area contributed by atoms with E-state index in [4.69, 9.17) is 9.47 Å². The smallest absolute Gasteiger partial charge is 0.270 e. The molecule has 0 bridgehead atoms. The van der Waals surface area contributed by atoms with Gasteiger partial charge in [-0.05, 0) is 45.8 Å². The van der Waals surface area contributed by atoms with Crippen LogP contribution in [-0.2, 0) is 0 Å². The molecule has 0 fully saturated rings. The number of hydrogen-bond donors (Lipinski definition) is 0. The Morgan fingerprint density at radius 3 is 1.47 bits per heavy atom. The molecule has 0 aliphatic carbocycles. The van der Waals surface area contributed by atoms with Crippen LogP contribution in [0, 0.1) is 20.2 Å². The molecular weight excluding hydrogens is 388 g/mol. The van der Waals surface area contributed by atoms with Gasteiger partial charge >= 0.3 is 0 Å². The number of nitrogens with zero attached hydrogens (tertiary/aromatic N) is 2. The van der Waals surface area contributed by atoms with E-state index in [0.717, 1.165) is 21.9 Å². The molecule has 4 aromatic rings. The SMILES string of the molecule is O=[N+]([O-])c1ccc2c3c(ccc2c1)OCCOc1ccc2cc([N+](=O)[O-])ccc2c1-3. The lowest BCUT2D eigenvalue weighted by molar-refractivity contribution is -0.384. The fourth-order valence-corrected chi connectivity index (χ4v) is 3.88. The number of fused-ring (bicyclic) bond motifs is 7. The largest absolute Gasteiger partial charge is 0.489 e. The molecular formula is C22H14N2O6. The molecule has 30 heavy (non-hydrogen) atoms. The molecule has 0 atom stereocenters. The van der Waals surface area contributed by atoms with Crippen LogP contribution < -0.4 is 9.47 Å². The third kappa shape index (κ3) is 2.77. The van der Waals surface area contributed by atoms with Gasteiger partial charge in [0.15, 0.2) is 0 Å². The zero-order valence-corrected chi connectivity index (χ0v) is 15.5. The van der Waals surface area contributed by atoms with Gasteiger partial charge in [0.25, 0.3) is 11.4 Å². The van der Waals surface area contributed by atoms with Crippen LogP contribution >= 0.6 is 0 Å². The van der Waals surface area contributed by atoms with E-state index in [-0.39, 0.29) is 11.4 Å². The standard InChI is InChI=1S/C22H14N2O6/c25-23(26)15-3-5-17-13(11-15)1-7-19-21(17)22-18-6-4-16(24(27)28)12-14(18)2-8-20(22)30-10-9-29-19/h1-8,11-12H,9-10H2. The van der Waals surface area contributed by atoms with E-state index >= 15 is 0 Å². The number of non-ortho nitro benzene ring substituents is 2. The van der Waals surface area contributed by atoms with E-state index < -0.39 is 9.85 Å². The molecule has 0 amide bonds. The van der Waals surface area contributed by atoms with Crippen molar-refractivity contribution < 1.29 is 19.3 Å². The van der Waals surface area contributed by atoms with Crippen molar-refractivity contribution in [3.05, 3.63) is 80.9 Å². The summed E-state index contributed by atoms with van der Waals surface area (Å²) in [5.41, 5.74) is 1.49. The molecule has 1 heterocycles. The first-order chi connectivity index (χ1) is 14.5. The molecule has 0 saturated carbocycles. The van der Waals surface area contributed by atoms with E-state index in [0.29, 0.717) is 35.5 Å². The van der Waals surface area contributed by atoms with Gasteiger partial charge in [0, 0.05) is 35.4 Å². The highest BCUT2D eigenvalue weighted by molar-refractivity contribution is 6.10. The average molecular weight is 402 g/mol. The summed E-state index contributed by atoms with van der Waals surface area (Å²) in [6.07, 6.45) is 0. The minimum Gasteiger partial charge on any atom is -0.489 e. The summed E-state index contributed by atoms with van der Waals surface area (Å²) in [5.74, 6) is 1.26. The maximum atomic E-state index is 11.2. The van der Waals surface area contributed by atoms with Gasteiger partial charge in [-0.15, -0.1) is 0 Å². The van der Waals surface area contributed by atoms with E-state index in [1.165, 1.54) is 24.3 Å². The Hall–Kier alpha value is -4.20. The van der Waals surface area contributed by atoms with Crippen LogP contribution in [0.1, 0.15) is 0 Å². The van der Waals surface area contributed by atoms with Crippen LogP contribution in [-0.4, -0.2) is 23.1 Å². The molecule has 1 aliphatic heterocycles. The highest BCUT2D eigenvalue weighted by atomic mass is 16.6. The first kappa shape index (κ1) is 17.9. The maximum Gasteiger partial charge on any atom is 0.270 e. The molecule has 0 saturated heterocycles. The summed E-state index contributed by atoms with van der Waals surface area (Å²) in [5, 5.41) is 25.3. The monoisotopic (exact) mass is 402 g/mol. The summed E-state index contributed by atoms with van der Waals surface area (Å²) in [6.45, 7) is 0.701. The molecule has 148 valence electrons. The highest BCUT2D eigenvalue weighted by Gasteiger charge is 2.22. The number of nitro groups is 2. The number of benzene rings is 4. The highest BCUT2D eigenvalue weighted by Crippen LogP contribution is 2.47. The van der Waals surface area contributed by atoms with E-state index in [1.54, 1.807) is 36.4 Å². The third-order valence-electron chi connectivity index (χ3n) is 5.20. The lowest BCUT2D eigenvalue weighted by Gasteiger charge is -2.22. The number of ether oxygens (including phenoxy) is 2. The molecule has 1 aliphatic rings. The van der Waals surface area contributed by atoms with Crippen molar-refractivity contribution >= 4 is 32.9 Å². The van der Waals surface area contributed by atoms with E-state index in [2.05, 4.69) is 0 Å². The number of rotatable bonds is 2. The predicted molar refractivity (Wildman–Crippen MR) is 111 cm³/mol. The predicted octanol–water partition coefficient (Wildman–Crippen LogP) is 5.25. The fraction of sp³-hybridized carbons (Fsp3) is 0.0909. The first-order valence-electron chi connectivity index (χ1n) is 9.21. The van der Waals surface area contributed by atoms with Gasteiger partial charge in [0.05, 0.1) is 9.85 Å². The van der Waals surface area contributed by atoms with Crippen molar-refractivity contribution in [3.8, 4) is 22.6 Å². The number of nitro benzene ring substituents is 2. The van der Waals surface area contributed by atoms with Crippen molar-refractivity contribution in [3.63, 3.8) is 0 Å². The van der Waals surface area contributed by atoms with Crippen LogP contribution in [0.3, 0.4) is 0 Å². The molecule has 0 spiro atoms. The van der Waals surface area contributed by atoms with Crippen LogP contribution in [0.25, 0.3) is 32.7 Å². The molecule has 5 rings (SSSR count). The normalized spacial score (nSPS) is 12.8. The van der Waals surface area contributed by atoms with Gasteiger partial charge in [-0.25, -0.2) is 0 Å². The minimum atomic E-state index is -0.432. The summed E-state index contributed by atoms with van der Waals surface area (Å²) in [6, 6.07) is 16.5. The van der Waals surface area contributed by atoms with Gasteiger partial charge in [-0.2, -0.15) is 0 Å². The zero-order chi connectivity index (χ0) is 20.8. The van der Waals surface area contributed by atoms with Crippen LogP contribution in [0.5, 0.6) is 11.5 Å². The van der Waals surface area contributed by atoms with Crippen LogP contribution in [0.15, 0.2) is 60.7 Å². The average Bonchev–Trinajstić information content (AvgIpc) is 2.73. The second-order valence-electron chi connectivity index (χ2n) is 6.90. The molecule has 0 radical (unpaired) electrons. The fourth-order valence-electron chi connectivity index (χ4n) is 3.88. The Balaban J connectivity index is 1.88. The molecule has 4 aromatic carbocycles. The van der Waals surface area contributed by atoms with Crippen molar-refractivity contribution in [2.45, 2.75) is 0 Å². The third-order valence-corrected chi connectivity index (χ3v) is 5.20. The van der Waals surface area contributed by atoms with Gasteiger partial charge in [-0.3, -0.25) is 20.2 Å². The van der Waals surface area contributed by atoms with Gasteiger partial charge < -0.3 is 9.47 Å². The van der Waals surface area contributed by atoms with Crippen molar-refractivity contribution in [1.82, 2.24) is 0 Å². The van der Waals surface area contributed by atoms with Crippen molar-refractivity contribution in [2.24, 2.45) is 0 Å². The number of hydrogen-bond acceptors (Lipinski definition) is 6. The molecule has 8 nitrogen and oxygen atoms in total. The summed E-state index contributed by atoms with van der Waals surface area (Å²) < 4.78 is 11.8. The Morgan fingerprint density at radius 2 is 1.07 bits per heavy atom. The molecule has 0 aromatic heterocycles. The zero-order valence-electron chi connectivity index (χ0n) is 15.5. The summed E-state index contributed by atoms with van der Waals surface area (Å²) in [4.78, 5) is 21.5. The Kier molecular flexibility index (Phi) is 3.99. The maximum absolute atomic E-state index is 11.2. The first-order valence-corrected chi connectivity index (χ1v) is 9.21. The van der Waals surface area contributed by atoms with Gasteiger partial charge in [-0.1, -0.05) is 12.1 Å². The van der Waals surface area contributed by atoms with Crippen molar-refractivity contribution in [2.75, 3.05) is 13.2 Å². The quantitative estimate of drug-likeness (QED) is 0.335. The Bertz CT molecular complexity index is 1260. The van der Waals surface area contributed by atoms with Gasteiger partial charge in [0.2, 0.25) is 0 Å². The van der Waals surface area contributed by atoms with E-state index in [1.807, 2.05) is 0 Å². The summed E-state index contributed by atoms with van der Waals surface area (Å²) in [7, 11) is 0. The Labute approximate surface area is 169 Å². The molecule has 0 unspecified atom stereocenters. The topological polar surface area (TPSA) is 105 Å². The van der Waals surface area contributed by atoms with Gasteiger partial charge in [0.1, 0.15) is 24.7 Å². The van der Waals surface area contributed by atoms with Crippen LogP contribution in [0.2, 0.25) is 0 Å². The van der Waals surface area contributed by atoms with E-state index in [9.17, 15) is 20.2 Å². The second-order valence-corrected chi connectivity index (χ2v) is 6.90. The molecule has 8 heteroatoms. The summed E-state index contributed by atoms with van der Waals surface area (Å²) >= 11 is 0. The second kappa shape index (κ2) is 6.70. The lowest BCUT2D eigenvalue weighted by Crippen LogP contribution is -2.13. The molecule has 0 N–H and O–H groups in total. The van der Waals surface area contributed by atoms with Crippen molar-refractivity contribution in [1.29, 1.82) is 0 Å². The Morgan fingerprint density at radius 1 is 0.633 bits per heavy atom. The minimum absolute atomic E-state index is 0.000712.